The monoisotopic (exact) mass is 410 g/mol. The Balaban J connectivity index is 0.000000627. The standard InChI is InChI=1S/C22H23Cl.C4H10.C2H6/c1-3-18-13-15-20(16-14-18)22(23,19-10-5-4-6-11-19)21-12-8-7-9-17(21)2;1-4(2)3;1-2/h4-10,12-16,19H,3,11H2,1-2H3;4H,1-3H3;1-2H3. The van der Waals surface area contributed by atoms with E-state index in [1.54, 1.807) is 0 Å². The zero-order valence-electron chi connectivity index (χ0n) is 19.4. The number of hydrogen-bond donors (Lipinski definition) is 0. The molecule has 2 unspecified atom stereocenters. The van der Waals surface area contributed by atoms with Gasteiger partial charge in [-0.2, -0.15) is 0 Å². The molecule has 0 saturated carbocycles. The fourth-order valence-corrected chi connectivity index (χ4v) is 3.91. The van der Waals surface area contributed by atoms with Crippen LogP contribution in [0, 0.1) is 18.8 Å². The van der Waals surface area contributed by atoms with Crippen LogP contribution in [0.25, 0.3) is 0 Å². The van der Waals surface area contributed by atoms with Crippen LogP contribution in [0.15, 0.2) is 72.8 Å². The molecule has 1 aliphatic carbocycles. The summed E-state index contributed by atoms with van der Waals surface area (Å²) >= 11 is 7.38. The summed E-state index contributed by atoms with van der Waals surface area (Å²) in [5, 5.41) is 0. The van der Waals surface area contributed by atoms with E-state index in [4.69, 9.17) is 11.6 Å². The minimum atomic E-state index is -0.529. The summed E-state index contributed by atoms with van der Waals surface area (Å²) in [7, 11) is 0. The van der Waals surface area contributed by atoms with E-state index in [-0.39, 0.29) is 5.92 Å². The molecule has 0 amide bonds. The van der Waals surface area contributed by atoms with E-state index < -0.39 is 4.87 Å². The van der Waals surface area contributed by atoms with Gasteiger partial charge in [0.1, 0.15) is 4.87 Å². The molecule has 0 spiro atoms. The van der Waals surface area contributed by atoms with Crippen LogP contribution in [0.2, 0.25) is 0 Å². The molecule has 0 heterocycles. The molecule has 2 aromatic rings. The molecule has 0 radical (unpaired) electrons. The van der Waals surface area contributed by atoms with Crippen molar-refractivity contribution in [2.45, 2.75) is 66.2 Å². The fourth-order valence-electron chi connectivity index (χ4n) is 3.41. The number of hydrogen-bond acceptors (Lipinski definition) is 0. The number of alkyl halides is 1. The first-order chi connectivity index (χ1) is 13.9. The zero-order valence-corrected chi connectivity index (χ0v) is 20.1. The topological polar surface area (TPSA) is 0 Å². The first-order valence-corrected chi connectivity index (χ1v) is 11.4. The molecule has 0 bridgehead atoms. The largest absolute Gasteiger partial charge is 0.108 e. The predicted octanol–water partition coefficient (Wildman–Crippen LogP) is 8.86. The summed E-state index contributed by atoms with van der Waals surface area (Å²) < 4.78 is 0. The van der Waals surface area contributed by atoms with Crippen LogP contribution in [0.3, 0.4) is 0 Å². The summed E-state index contributed by atoms with van der Waals surface area (Å²) in [4.78, 5) is -0.529. The first-order valence-electron chi connectivity index (χ1n) is 11.1. The summed E-state index contributed by atoms with van der Waals surface area (Å²) in [6.45, 7) is 14.8. The van der Waals surface area contributed by atoms with Gasteiger partial charge in [-0.1, -0.05) is 114 Å². The highest BCUT2D eigenvalue weighted by molar-refractivity contribution is 6.26. The van der Waals surface area contributed by atoms with Gasteiger partial charge in [0.15, 0.2) is 0 Å². The number of allylic oxidation sites excluding steroid dienone is 4. The van der Waals surface area contributed by atoms with Gasteiger partial charge in [-0.25, -0.2) is 0 Å². The lowest BCUT2D eigenvalue weighted by Gasteiger charge is -2.36. The molecule has 3 rings (SSSR count). The number of rotatable bonds is 4. The highest BCUT2D eigenvalue weighted by Gasteiger charge is 2.39. The van der Waals surface area contributed by atoms with Gasteiger partial charge < -0.3 is 0 Å². The van der Waals surface area contributed by atoms with Crippen molar-refractivity contribution in [1.82, 2.24) is 0 Å². The van der Waals surface area contributed by atoms with Crippen molar-refractivity contribution in [3.8, 4) is 0 Å². The van der Waals surface area contributed by atoms with Gasteiger partial charge in [0, 0.05) is 5.92 Å². The van der Waals surface area contributed by atoms with Crippen molar-refractivity contribution in [2.75, 3.05) is 0 Å². The SMILES string of the molecule is CC.CC(C)C.CCc1ccc(C(Cl)(c2ccccc2C)C2C=CC=CC2)cc1. The number of halogens is 1. The number of benzene rings is 2. The minimum Gasteiger partial charge on any atom is -0.108 e. The van der Waals surface area contributed by atoms with Crippen LogP contribution in [-0.2, 0) is 11.3 Å². The maximum Gasteiger partial charge on any atom is 0.101 e. The van der Waals surface area contributed by atoms with Crippen LogP contribution in [0.4, 0.5) is 0 Å². The lowest BCUT2D eigenvalue weighted by molar-refractivity contribution is 0.514. The van der Waals surface area contributed by atoms with Crippen molar-refractivity contribution >= 4 is 11.6 Å². The van der Waals surface area contributed by atoms with Gasteiger partial charge in [-0.3, -0.25) is 0 Å². The Morgan fingerprint density at radius 3 is 2.03 bits per heavy atom. The Kier molecular flexibility index (Phi) is 11.1. The highest BCUT2D eigenvalue weighted by atomic mass is 35.5. The molecular formula is C28H39Cl. The molecule has 158 valence electrons. The van der Waals surface area contributed by atoms with Crippen LogP contribution in [0.5, 0.6) is 0 Å². The minimum absolute atomic E-state index is 0.253. The second kappa shape index (κ2) is 12.7. The molecule has 2 atom stereocenters. The lowest BCUT2D eigenvalue weighted by Crippen LogP contribution is -2.31. The Bertz CT molecular complexity index is 764. The fraction of sp³-hybridized carbons (Fsp3) is 0.429. The van der Waals surface area contributed by atoms with Crippen LogP contribution in [0.1, 0.15) is 70.2 Å². The number of aryl methyl sites for hydroxylation is 2. The third-order valence-corrected chi connectivity index (χ3v) is 5.51. The van der Waals surface area contributed by atoms with E-state index in [2.05, 4.69) is 107 Å². The second-order valence-corrected chi connectivity index (χ2v) is 8.56. The Morgan fingerprint density at radius 1 is 0.966 bits per heavy atom. The van der Waals surface area contributed by atoms with E-state index in [1.165, 1.54) is 22.3 Å². The van der Waals surface area contributed by atoms with Crippen LogP contribution in [-0.4, -0.2) is 0 Å². The van der Waals surface area contributed by atoms with Crippen LogP contribution < -0.4 is 0 Å². The summed E-state index contributed by atoms with van der Waals surface area (Å²) in [5.41, 5.74) is 4.97. The summed E-state index contributed by atoms with van der Waals surface area (Å²) in [6.07, 6.45) is 10.7. The van der Waals surface area contributed by atoms with Gasteiger partial charge in [0.2, 0.25) is 0 Å². The van der Waals surface area contributed by atoms with Gasteiger partial charge in [-0.05, 0) is 47.9 Å². The van der Waals surface area contributed by atoms with Crippen molar-refractivity contribution in [3.63, 3.8) is 0 Å². The third kappa shape index (κ3) is 6.89. The van der Waals surface area contributed by atoms with E-state index in [0.29, 0.717) is 0 Å². The zero-order chi connectivity index (χ0) is 21.9. The molecule has 1 aliphatic rings. The molecule has 2 aromatic carbocycles. The van der Waals surface area contributed by atoms with Crippen molar-refractivity contribution in [3.05, 3.63) is 95.1 Å². The van der Waals surface area contributed by atoms with Gasteiger partial charge in [-0.15, -0.1) is 11.6 Å². The Labute approximate surface area is 184 Å². The maximum atomic E-state index is 7.38. The average Bonchev–Trinajstić information content (AvgIpc) is 2.75. The normalized spacial score (nSPS) is 16.9. The molecule has 29 heavy (non-hydrogen) atoms. The Morgan fingerprint density at radius 2 is 1.55 bits per heavy atom. The predicted molar refractivity (Wildman–Crippen MR) is 132 cm³/mol. The molecule has 1 heteroatoms. The summed E-state index contributed by atoms with van der Waals surface area (Å²) in [6, 6.07) is 17.3. The molecule has 0 aliphatic heterocycles. The maximum absolute atomic E-state index is 7.38. The molecule has 0 nitrogen and oxygen atoms in total. The van der Waals surface area contributed by atoms with Gasteiger partial charge in [0.25, 0.3) is 0 Å². The van der Waals surface area contributed by atoms with Crippen molar-refractivity contribution < 1.29 is 0 Å². The van der Waals surface area contributed by atoms with E-state index >= 15 is 0 Å². The van der Waals surface area contributed by atoms with E-state index in [1.807, 2.05) is 13.8 Å². The van der Waals surface area contributed by atoms with Gasteiger partial charge in [0.05, 0.1) is 0 Å². The molecule has 0 aromatic heterocycles. The summed E-state index contributed by atoms with van der Waals surface area (Å²) in [5.74, 6) is 1.09. The van der Waals surface area contributed by atoms with E-state index in [0.717, 1.165) is 18.8 Å². The van der Waals surface area contributed by atoms with Crippen molar-refractivity contribution in [2.24, 2.45) is 11.8 Å². The second-order valence-electron chi connectivity index (χ2n) is 7.96. The van der Waals surface area contributed by atoms with Crippen LogP contribution >= 0.6 is 11.6 Å². The first kappa shape index (κ1) is 25.2. The molecule has 0 fully saturated rings. The molecule has 0 N–H and O–H groups in total. The smallest absolute Gasteiger partial charge is 0.101 e. The Hall–Kier alpha value is -1.79. The lowest BCUT2D eigenvalue weighted by atomic mass is 9.75. The third-order valence-electron chi connectivity index (χ3n) is 4.81. The van der Waals surface area contributed by atoms with Crippen molar-refractivity contribution in [1.29, 1.82) is 0 Å². The quantitative estimate of drug-likeness (QED) is 0.441. The molecule has 0 saturated heterocycles. The molecular weight excluding hydrogens is 372 g/mol. The average molecular weight is 411 g/mol. The van der Waals surface area contributed by atoms with Gasteiger partial charge >= 0.3 is 0 Å². The highest BCUT2D eigenvalue weighted by Crippen LogP contribution is 2.47. The van der Waals surface area contributed by atoms with E-state index in [9.17, 15) is 0 Å².